The van der Waals surface area contributed by atoms with Crippen LogP contribution in [0.25, 0.3) is 0 Å². The zero-order valence-electron chi connectivity index (χ0n) is 15.6. The Hall–Kier alpha value is -1.03. The summed E-state index contributed by atoms with van der Waals surface area (Å²) in [5.74, 6) is 0.680. The number of nitrogens with zero attached hydrogens (tertiary/aromatic N) is 2. The average Bonchev–Trinajstić information content (AvgIpc) is 2.55. The predicted octanol–water partition coefficient (Wildman–Crippen LogP) is 3.67. The number of guanidine groups is 1. The van der Waals surface area contributed by atoms with Crippen LogP contribution < -0.4 is 10.6 Å². The molecule has 0 radical (unpaired) electrons. The number of hydrogen-bond acceptors (Lipinski definition) is 2. The van der Waals surface area contributed by atoms with E-state index in [0.717, 1.165) is 12.8 Å². The molecule has 1 atom stereocenters. The number of aliphatic imine (C=N–C) groups is 1. The van der Waals surface area contributed by atoms with E-state index >= 15 is 0 Å². The fourth-order valence-electron chi connectivity index (χ4n) is 2.47. The Morgan fingerprint density at radius 2 is 1.88 bits per heavy atom. The zero-order valence-corrected chi connectivity index (χ0v) is 18.0. The van der Waals surface area contributed by atoms with Crippen molar-refractivity contribution in [1.29, 1.82) is 0 Å². The third-order valence-corrected chi connectivity index (χ3v) is 3.77. The standard InChI is InChI=1S/C18H29F3N4.HI/c1-15(10-11-16-8-5-4-6-9-16)24-17(22-2)23-12-7-13-25(3)14-18(19,20)21;/h4-6,8-9,15H,7,10-14H2,1-3H3,(H2,22,23,24);1H. The summed E-state index contributed by atoms with van der Waals surface area (Å²) in [7, 11) is 3.17. The fourth-order valence-corrected chi connectivity index (χ4v) is 2.47. The third-order valence-electron chi connectivity index (χ3n) is 3.77. The second-order valence-electron chi connectivity index (χ2n) is 6.28. The minimum absolute atomic E-state index is 0. The van der Waals surface area contributed by atoms with Gasteiger partial charge in [0.1, 0.15) is 0 Å². The summed E-state index contributed by atoms with van der Waals surface area (Å²) in [5.41, 5.74) is 1.30. The second-order valence-corrected chi connectivity index (χ2v) is 6.28. The van der Waals surface area contributed by atoms with Crippen molar-refractivity contribution in [2.45, 2.75) is 38.4 Å². The van der Waals surface area contributed by atoms with Gasteiger partial charge in [0.2, 0.25) is 0 Å². The maximum atomic E-state index is 12.3. The molecule has 26 heavy (non-hydrogen) atoms. The first-order valence-electron chi connectivity index (χ1n) is 8.56. The molecule has 0 spiro atoms. The number of benzene rings is 1. The smallest absolute Gasteiger partial charge is 0.356 e. The molecule has 0 heterocycles. The minimum Gasteiger partial charge on any atom is -0.356 e. The van der Waals surface area contributed by atoms with Crippen molar-refractivity contribution < 1.29 is 13.2 Å². The van der Waals surface area contributed by atoms with E-state index in [0.29, 0.717) is 25.5 Å². The molecule has 8 heteroatoms. The van der Waals surface area contributed by atoms with Gasteiger partial charge in [0.05, 0.1) is 6.54 Å². The van der Waals surface area contributed by atoms with E-state index < -0.39 is 12.7 Å². The molecule has 0 amide bonds. The van der Waals surface area contributed by atoms with E-state index in [1.807, 2.05) is 18.2 Å². The lowest BCUT2D eigenvalue weighted by Crippen LogP contribution is -2.43. The average molecular weight is 486 g/mol. The van der Waals surface area contributed by atoms with E-state index in [4.69, 9.17) is 0 Å². The summed E-state index contributed by atoms with van der Waals surface area (Å²) in [4.78, 5) is 5.44. The topological polar surface area (TPSA) is 39.7 Å². The highest BCUT2D eigenvalue weighted by Crippen LogP contribution is 2.15. The van der Waals surface area contributed by atoms with Gasteiger partial charge in [-0.3, -0.25) is 9.89 Å². The lowest BCUT2D eigenvalue weighted by molar-refractivity contribution is -0.143. The monoisotopic (exact) mass is 486 g/mol. The highest BCUT2D eigenvalue weighted by molar-refractivity contribution is 14.0. The molecule has 0 aliphatic heterocycles. The molecule has 1 aromatic rings. The summed E-state index contributed by atoms with van der Waals surface area (Å²) >= 11 is 0. The van der Waals surface area contributed by atoms with Crippen molar-refractivity contribution in [3.63, 3.8) is 0 Å². The van der Waals surface area contributed by atoms with Crippen molar-refractivity contribution in [3.8, 4) is 0 Å². The lowest BCUT2D eigenvalue weighted by Gasteiger charge is -2.20. The number of halogens is 4. The molecule has 0 saturated carbocycles. The summed E-state index contributed by atoms with van der Waals surface area (Å²) in [6.07, 6.45) is -1.58. The molecular formula is C18H30F3IN4. The van der Waals surface area contributed by atoms with E-state index in [-0.39, 0.29) is 30.0 Å². The van der Waals surface area contributed by atoms with E-state index in [9.17, 15) is 13.2 Å². The summed E-state index contributed by atoms with van der Waals surface area (Å²) in [6, 6.07) is 10.5. The van der Waals surface area contributed by atoms with Gasteiger partial charge in [0.25, 0.3) is 0 Å². The number of hydrogen-bond donors (Lipinski definition) is 2. The van der Waals surface area contributed by atoms with Gasteiger partial charge in [-0.05, 0) is 45.3 Å². The van der Waals surface area contributed by atoms with E-state index in [2.05, 4.69) is 34.7 Å². The Labute approximate surface area is 171 Å². The Morgan fingerprint density at radius 1 is 1.23 bits per heavy atom. The first-order valence-corrected chi connectivity index (χ1v) is 8.56. The van der Waals surface area contributed by atoms with Crippen LogP contribution in [0.2, 0.25) is 0 Å². The molecule has 0 aliphatic rings. The lowest BCUT2D eigenvalue weighted by atomic mass is 10.1. The molecule has 0 fully saturated rings. The zero-order chi connectivity index (χ0) is 18.7. The normalized spacial score (nSPS) is 13.3. The molecule has 1 rings (SSSR count). The highest BCUT2D eigenvalue weighted by Gasteiger charge is 2.28. The molecule has 1 unspecified atom stereocenters. The van der Waals surface area contributed by atoms with Crippen LogP contribution in [0.3, 0.4) is 0 Å². The first kappa shape index (κ1) is 25.0. The Bertz CT molecular complexity index is 509. The third kappa shape index (κ3) is 12.3. The molecule has 0 aliphatic carbocycles. The summed E-state index contributed by atoms with van der Waals surface area (Å²) in [5, 5.41) is 6.46. The first-order chi connectivity index (χ1) is 11.8. The van der Waals surface area contributed by atoms with Gasteiger partial charge in [-0.25, -0.2) is 0 Å². The Morgan fingerprint density at radius 3 is 2.46 bits per heavy atom. The predicted molar refractivity (Wildman–Crippen MR) is 112 cm³/mol. The van der Waals surface area contributed by atoms with Crippen molar-refractivity contribution in [2.24, 2.45) is 4.99 Å². The largest absolute Gasteiger partial charge is 0.401 e. The van der Waals surface area contributed by atoms with Crippen molar-refractivity contribution in [2.75, 3.05) is 33.7 Å². The van der Waals surface area contributed by atoms with Gasteiger partial charge >= 0.3 is 6.18 Å². The van der Waals surface area contributed by atoms with Crippen LogP contribution >= 0.6 is 24.0 Å². The van der Waals surface area contributed by atoms with Gasteiger partial charge in [-0.15, -0.1) is 24.0 Å². The van der Waals surface area contributed by atoms with Crippen LogP contribution in [0.4, 0.5) is 13.2 Å². The maximum absolute atomic E-state index is 12.3. The molecule has 4 nitrogen and oxygen atoms in total. The van der Waals surface area contributed by atoms with Gasteiger partial charge in [-0.1, -0.05) is 30.3 Å². The quantitative estimate of drug-likeness (QED) is 0.242. The van der Waals surface area contributed by atoms with Gasteiger partial charge in [0.15, 0.2) is 5.96 Å². The molecular weight excluding hydrogens is 456 g/mol. The summed E-state index contributed by atoms with van der Waals surface area (Å²) in [6.45, 7) is 2.17. The van der Waals surface area contributed by atoms with Crippen molar-refractivity contribution >= 4 is 29.9 Å². The minimum atomic E-state index is -4.14. The number of alkyl halides is 3. The Kier molecular flexibility index (Phi) is 12.7. The van der Waals surface area contributed by atoms with Crippen LogP contribution in [-0.4, -0.2) is 56.8 Å². The van der Waals surface area contributed by atoms with Crippen LogP contribution in [0.15, 0.2) is 35.3 Å². The van der Waals surface area contributed by atoms with E-state index in [1.165, 1.54) is 17.5 Å². The van der Waals surface area contributed by atoms with Gasteiger partial charge in [-0.2, -0.15) is 13.2 Å². The molecule has 0 aromatic heterocycles. The Balaban J connectivity index is 0.00000625. The SMILES string of the molecule is CN=C(NCCCN(C)CC(F)(F)F)NC(C)CCc1ccccc1.I. The molecule has 0 saturated heterocycles. The van der Waals surface area contributed by atoms with Gasteiger partial charge < -0.3 is 10.6 Å². The number of aryl methyl sites for hydroxylation is 1. The maximum Gasteiger partial charge on any atom is 0.401 e. The second kappa shape index (κ2) is 13.2. The van der Waals surface area contributed by atoms with E-state index in [1.54, 1.807) is 7.05 Å². The molecule has 1 aromatic carbocycles. The van der Waals surface area contributed by atoms with Gasteiger partial charge in [0, 0.05) is 19.6 Å². The number of rotatable bonds is 9. The van der Waals surface area contributed by atoms with Crippen LogP contribution in [-0.2, 0) is 6.42 Å². The number of nitrogens with one attached hydrogen (secondary N) is 2. The van der Waals surface area contributed by atoms with Crippen LogP contribution in [0.1, 0.15) is 25.3 Å². The molecule has 0 bridgehead atoms. The van der Waals surface area contributed by atoms with Crippen LogP contribution in [0, 0.1) is 0 Å². The van der Waals surface area contributed by atoms with Crippen molar-refractivity contribution in [1.82, 2.24) is 15.5 Å². The van der Waals surface area contributed by atoms with Crippen molar-refractivity contribution in [3.05, 3.63) is 35.9 Å². The highest BCUT2D eigenvalue weighted by atomic mass is 127. The van der Waals surface area contributed by atoms with Crippen LogP contribution in [0.5, 0.6) is 0 Å². The summed E-state index contributed by atoms with van der Waals surface area (Å²) < 4.78 is 36.8. The molecule has 150 valence electrons. The fraction of sp³-hybridized carbons (Fsp3) is 0.611. The molecule has 2 N–H and O–H groups in total.